The van der Waals surface area contributed by atoms with E-state index < -0.39 is 24.0 Å². The van der Waals surface area contributed by atoms with E-state index in [9.17, 15) is 15.4 Å². The summed E-state index contributed by atoms with van der Waals surface area (Å²) < 4.78 is 12.9. The average molecular weight is 352 g/mol. The second-order valence-corrected chi connectivity index (χ2v) is 5.84. The number of anilines is 1. The zero-order valence-electron chi connectivity index (χ0n) is 13.7. The molecule has 4 atom stereocenters. The molecule has 25 heavy (non-hydrogen) atoms. The molecule has 1 aliphatic heterocycles. The van der Waals surface area contributed by atoms with Crippen molar-refractivity contribution in [2.24, 2.45) is 10.9 Å². The standard InChI is InChI=1S/C14H20N6O5/c1-14(24-2)10(22)8(5-21)25-13(14)20-4-7(3-18-15)9-11(19-23)16-6-17-12(9)20/h3-4,6,8,10,13,21-23H,5,15H2,1-2H3,(H,16,17,19)/b18-3+/t8?,10?,13-,14-/m1/s1. The summed E-state index contributed by atoms with van der Waals surface area (Å²) >= 11 is 0. The summed E-state index contributed by atoms with van der Waals surface area (Å²) in [5.41, 5.74) is 1.79. The van der Waals surface area contributed by atoms with E-state index in [0.29, 0.717) is 16.6 Å². The van der Waals surface area contributed by atoms with Crippen molar-refractivity contribution < 1.29 is 24.9 Å². The van der Waals surface area contributed by atoms with Crippen molar-refractivity contribution in [3.8, 4) is 0 Å². The second-order valence-electron chi connectivity index (χ2n) is 5.84. The van der Waals surface area contributed by atoms with E-state index in [4.69, 9.17) is 15.3 Å². The van der Waals surface area contributed by atoms with E-state index >= 15 is 0 Å². The molecule has 3 rings (SSSR count). The average Bonchev–Trinajstić information content (AvgIpc) is 3.12. The summed E-state index contributed by atoms with van der Waals surface area (Å²) in [7, 11) is 1.45. The molecule has 0 aromatic carbocycles. The molecule has 2 aromatic rings. The molecule has 0 amide bonds. The Labute approximate surface area is 142 Å². The number of hydrogen-bond acceptors (Lipinski definition) is 10. The molecular weight excluding hydrogens is 332 g/mol. The third-order valence-electron chi connectivity index (χ3n) is 4.56. The number of nitrogens with two attached hydrogens (primary N) is 1. The van der Waals surface area contributed by atoms with Crippen LogP contribution in [0.1, 0.15) is 18.7 Å². The predicted molar refractivity (Wildman–Crippen MR) is 87.1 cm³/mol. The van der Waals surface area contributed by atoms with Crippen LogP contribution < -0.4 is 11.3 Å². The Morgan fingerprint density at radius 1 is 1.56 bits per heavy atom. The van der Waals surface area contributed by atoms with Crippen LogP contribution in [0.2, 0.25) is 0 Å². The lowest BCUT2D eigenvalue weighted by atomic mass is 9.96. The van der Waals surface area contributed by atoms with Gasteiger partial charge in [0, 0.05) is 18.9 Å². The monoisotopic (exact) mass is 352 g/mol. The summed E-state index contributed by atoms with van der Waals surface area (Å²) in [5, 5.41) is 33.2. The first-order valence-electron chi connectivity index (χ1n) is 7.50. The second kappa shape index (κ2) is 6.54. The van der Waals surface area contributed by atoms with Crippen molar-refractivity contribution in [1.29, 1.82) is 0 Å². The highest BCUT2D eigenvalue weighted by molar-refractivity contribution is 6.03. The van der Waals surface area contributed by atoms with Crippen molar-refractivity contribution in [3.05, 3.63) is 18.1 Å². The van der Waals surface area contributed by atoms with Gasteiger partial charge in [-0.1, -0.05) is 0 Å². The molecule has 136 valence electrons. The van der Waals surface area contributed by atoms with E-state index in [-0.39, 0.29) is 12.4 Å². The van der Waals surface area contributed by atoms with Crippen LogP contribution >= 0.6 is 0 Å². The molecule has 0 aliphatic carbocycles. The highest BCUT2D eigenvalue weighted by atomic mass is 16.6. The van der Waals surface area contributed by atoms with Gasteiger partial charge in [-0.05, 0) is 6.92 Å². The number of aliphatic hydroxyl groups is 2. The number of ether oxygens (including phenoxy) is 2. The first-order chi connectivity index (χ1) is 12.0. The summed E-state index contributed by atoms with van der Waals surface area (Å²) in [6.45, 7) is 1.30. The maximum absolute atomic E-state index is 10.5. The van der Waals surface area contributed by atoms with Crippen LogP contribution in [0.3, 0.4) is 0 Å². The number of aliphatic hydroxyl groups excluding tert-OH is 2. The molecule has 0 bridgehead atoms. The van der Waals surface area contributed by atoms with Crippen LogP contribution in [0, 0.1) is 0 Å². The Kier molecular flexibility index (Phi) is 4.58. The van der Waals surface area contributed by atoms with Crippen LogP contribution in [-0.2, 0) is 9.47 Å². The van der Waals surface area contributed by atoms with Crippen LogP contribution in [0.5, 0.6) is 0 Å². The van der Waals surface area contributed by atoms with Gasteiger partial charge in [0.1, 0.15) is 29.8 Å². The van der Waals surface area contributed by atoms with Crippen molar-refractivity contribution in [2.45, 2.75) is 31.0 Å². The normalized spacial score (nSPS) is 29.7. The third-order valence-corrected chi connectivity index (χ3v) is 4.56. The van der Waals surface area contributed by atoms with Gasteiger partial charge in [0.15, 0.2) is 12.0 Å². The highest BCUT2D eigenvalue weighted by Gasteiger charge is 2.54. The van der Waals surface area contributed by atoms with E-state index in [1.165, 1.54) is 19.7 Å². The van der Waals surface area contributed by atoms with Crippen LogP contribution in [0.15, 0.2) is 17.6 Å². The van der Waals surface area contributed by atoms with E-state index in [1.807, 2.05) is 5.48 Å². The lowest BCUT2D eigenvalue weighted by Crippen LogP contribution is -2.46. The number of hydrogen-bond donors (Lipinski definition) is 5. The van der Waals surface area contributed by atoms with Crippen molar-refractivity contribution in [2.75, 3.05) is 19.2 Å². The summed E-state index contributed by atoms with van der Waals surface area (Å²) in [5.74, 6) is 5.42. The quantitative estimate of drug-likeness (QED) is 0.263. The Bertz CT molecular complexity index is 795. The molecule has 1 fully saturated rings. The molecule has 2 aromatic heterocycles. The Hall–Kier alpha value is -2.31. The molecule has 11 heteroatoms. The van der Waals surface area contributed by atoms with E-state index in [1.54, 1.807) is 17.7 Å². The largest absolute Gasteiger partial charge is 0.394 e. The molecule has 0 saturated carbocycles. The first-order valence-corrected chi connectivity index (χ1v) is 7.50. The van der Waals surface area contributed by atoms with Gasteiger partial charge >= 0.3 is 0 Å². The molecule has 0 spiro atoms. The minimum atomic E-state index is -1.14. The number of hydrazone groups is 1. The lowest BCUT2D eigenvalue weighted by molar-refractivity contribution is -0.118. The molecular formula is C14H20N6O5. The number of aromatic nitrogens is 3. The third kappa shape index (κ3) is 2.53. The number of fused-ring (bicyclic) bond motifs is 1. The van der Waals surface area contributed by atoms with Crippen molar-refractivity contribution in [3.63, 3.8) is 0 Å². The number of nitrogens with one attached hydrogen (secondary N) is 1. The van der Waals surface area contributed by atoms with Crippen LogP contribution in [-0.4, -0.2) is 67.7 Å². The fourth-order valence-electron chi connectivity index (χ4n) is 3.15. The van der Waals surface area contributed by atoms with Gasteiger partial charge in [-0.2, -0.15) is 5.10 Å². The SMILES string of the molecule is CO[C@]1(C)C(O)C(CO)O[C@H]1n1cc(/C=N/N)c2c(NO)ncnc21. The molecule has 3 heterocycles. The van der Waals surface area contributed by atoms with Gasteiger partial charge in [-0.3, -0.25) is 10.7 Å². The number of nitrogens with zero attached hydrogens (tertiary/aromatic N) is 4. The molecule has 2 unspecified atom stereocenters. The zero-order chi connectivity index (χ0) is 18.2. The van der Waals surface area contributed by atoms with Gasteiger partial charge in [0.2, 0.25) is 0 Å². The van der Waals surface area contributed by atoms with Gasteiger partial charge in [-0.15, -0.1) is 0 Å². The molecule has 11 nitrogen and oxygen atoms in total. The topological polar surface area (TPSA) is 160 Å². The first kappa shape index (κ1) is 17.5. The predicted octanol–water partition coefficient (Wildman–Crippen LogP) is -0.819. The van der Waals surface area contributed by atoms with Crippen LogP contribution in [0.4, 0.5) is 5.82 Å². The fourth-order valence-corrected chi connectivity index (χ4v) is 3.15. The van der Waals surface area contributed by atoms with Crippen LogP contribution in [0.25, 0.3) is 11.0 Å². The van der Waals surface area contributed by atoms with Crippen molar-refractivity contribution in [1.82, 2.24) is 14.5 Å². The maximum atomic E-state index is 10.5. The number of methoxy groups -OCH3 is 1. The molecule has 1 aliphatic rings. The molecule has 6 N–H and O–H groups in total. The highest BCUT2D eigenvalue weighted by Crippen LogP contribution is 2.42. The van der Waals surface area contributed by atoms with Crippen molar-refractivity contribution >= 4 is 23.1 Å². The van der Waals surface area contributed by atoms with Gasteiger partial charge in [-0.25, -0.2) is 9.97 Å². The minimum absolute atomic E-state index is 0.162. The lowest BCUT2D eigenvalue weighted by Gasteiger charge is -2.31. The Balaban J connectivity index is 2.22. The Morgan fingerprint density at radius 3 is 2.92 bits per heavy atom. The summed E-state index contributed by atoms with van der Waals surface area (Å²) in [6, 6.07) is 0. The smallest absolute Gasteiger partial charge is 0.167 e. The zero-order valence-corrected chi connectivity index (χ0v) is 13.7. The molecule has 0 radical (unpaired) electrons. The fraction of sp³-hybridized carbons (Fsp3) is 0.500. The van der Waals surface area contributed by atoms with Gasteiger partial charge < -0.3 is 30.1 Å². The minimum Gasteiger partial charge on any atom is -0.394 e. The summed E-state index contributed by atoms with van der Waals surface area (Å²) in [4.78, 5) is 8.19. The Morgan fingerprint density at radius 2 is 2.32 bits per heavy atom. The maximum Gasteiger partial charge on any atom is 0.167 e. The van der Waals surface area contributed by atoms with E-state index in [0.717, 1.165) is 0 Å². The molecule has 1 saturated heterocycles. The summed E-state index contributed by atoms with van der Waals surface area (Å²) in [6.07, 6.45) is 1.60. The number of rotatable bonds is 5. The van der Waals surface area contributed by atoms with Gasteiger partial charge in [0.25, 0.3) is 0 Å². The van der Waals surface area contributed by atoms with Gasteiger partial charge in [0.05, 0.1) is 18.2 Å². The van der Waals surface area contributed by atoms with E-state index in [2.05, 4.69) is 15.1 Å².